The molecule has 130 valence electrons. The molecule has 0 aliphatic heterocycles. The lowest BCUT2D eigenvalue weighted by Crippen LogP contribution is -2.35. The molecule has 1 saturated carbocycles. The summed E-state index contributed by atoms with van der Waals surface area (Å²) in [6.45, 7) is 1.91. The Morgan fingerprint density at radius 2 is 1.68 bits per heavy atom. The number of carbonyl (C=O) groups excluding carboxylic acids is 2. The zero-order valence-electron chi connectivity index (χ0n) is 14.1. The normalized spacial score (nSPS) is 14.5. The molecule has 0 unspecified atom stereocenters. The molecule has 0 heterocycles. The molecule has 6 heteroatoms. The number of methoxy groups -OCH3 is 1. The van der Waals surface area contributed by atoms with Crippen molar-refractivity contribution in [2.24, 2.45) is 5.41 Å². The van der Waals surface area contributed by atoms with Crippen molar-refractivity contribution in [3.8, 4) is 5.75 Å². The summed E-state index contributed by atoms with van der Waals surface area (Å²) in [7, 11) is 1.51. The Morgan fingerprint density at radius 1 is 1.04 bits per heavy atom. The lowest BCUT2D eigenvalue weighted by molar-refractivity contribution is -0.131. The molecular weight excluding hydrogens is 340 g/mol. The molecule has 2 N–H and O–H groups in total. The van der Waals surface area contributed by atoms with Crippen LogP contribution in [-0.2, 0) is 9.59 Å². The van der Waals surface area contributed by atoms with E-state index in [9.17, 15) is 9.59 Å². The van der Waals surface area contributed by atoms with Crippen LogP contribution < -0.4 is 15.4 Å². The van der Waals surface area contributed by atoms with Gasteiger partial charge < -0.3 is 15.4 Å². The van der Waals surface area contributed by atoms with Crippen LogP contribution in [0.15, 0.2) is 42.5 Å². The van der Waals surface area contributed by atoms with Gasteiger partial charge in [-0.05, 0) is 49.6 Å². The van der Waals surface area contributed by atoms with Crippen molar-refractivity contribution in [3.63, 3.8) is 0 Å². The van der Waals surface area contributed by atoms with Gasteiger partial charge in [0.2, 0.25) is 11.8 Å². The van der Waals surface area contributed by atoms with E-state index in [4.69, 9.17) is 16.3 Å². The van der Waals surface area contributed by atoms with Gasteiger partial charge >= 0.3 is 0 Å². The summed E-state index contributed by atoms with van der Waals surface area (Å²) in [6.07, 6.45) is 1.03. The third-order valence-corrected chi connectivity index (χ3v) is 4.66. The summed E-state index contributed by atoms with van der Waals surface area (Å²) in [6, 6.07) is 12.4. The van der Waals surface area contributed by atoms with Crippen molar-refractivity contribution in [2.75, 3.05) is 17.7 Å². The van der Waals surface area contributed by atoms with Gasteiger partial charge in [0.15, 0.2) is 0 Å². The maximum atomic E-state index is 12.7. The molecule has 0 bridgehead atoms. The molecule has 5 nitrogen and oxygen atoms in total. The highest BCUT2D eigenvalue weighted by molar-refractivity contribution is 6.31. The molecule has 2 aromatic rings. The Labute approximate surface area is 151 Å². The van der Waals surface area contributed by atoms with Crippen molar-refractivity contribution in [1.29, 1.82) is 0 Å². The number of hydrogen-bond donors (Lipinski definition) is 2. The third kappa shape index (κ3) is 3.46. The Morgan fingerprint density at radius 3 is 2.28 bits per heavy atom. The second-order valence-corrected chi connectivity index (χ2v) is 6.59. The predicted molar refractivity (Wildman–Crippen MR) is 98.1 cm³/mol. The Kier molecular flexibility index (Phi) is 4.68. The van der Waals surface area contributed by atoms with Crippen LogP contribution in [0.3, 0.4) is 0 Å². The lowest BCUT2D eigenvalue weighted by Gasteiger charge is -2.17. The van der Waals surface area contributed by atoms with Crippen LogP contribution in [0.1, 0.15) is 18.4 Å². The maximum absolute atomic E-state index is 12.7. The summed E-state index contributed by atoms with van der Waals surface area (Å²) >= 11 is 5.99. The largest absolute Gasteiger partial charge is 0.495 e. The predicted octanol–water partition coefficient (Wildman–Crippen LogP) is 4.01. The van der Waals surface area contributed by atoms with Crippen LogP contribution in [0.2, 0.25) is 5.02 Å². The average Bonchev–Trinajstić information content (AvgIpc) is 3.39. The minimum absolute atomic E-state index is 0.291. The third-order valence-electron chi connectivity index (χ3n) is 4.42. The van der Waals surface area contributed by atoms with Crippen molar-refractivity contribution in [1.82, 2.24) is 0 Å². The summed E-state index contributed by atoms with van der Waals surface area (Å²) in [5, 5.41) is 6.12. The van der Waals surface area contributed by atoms with E-state index in [1.165, 1.54) is 7.11 Å². The second kappa shape index (κ2) is 6.76. The van der Waals surface area contributed by atoms with E-state index in [-0.39, 0.29) is 11.8 Å². The SMILES string of the molecule is COc1ccc(Cl)cc1NC(=O)C1(C(=O)Nc2ccccc2C)CC1. The Bertz CT molecular complexity index is 831. The van der Waals surface area contributed by atoms with Crippen molar-refractivity contribution < 1.29 is 14.3 Å². The van der Waals surface area contributed by atoms with E-state index < -0.39 is 5.41 Å². The molecular formula is C19H19ClN2O3. The zero-order valence-corrected chi connectivity index (χ0v) is 14.8. The van der Waals surface area contributed by atoms with Gasteiger partial charge in [0.05, 0.1) is 12.8 Å². The highest BCUT2D eigenvalue weighted by Gasteiger charge is 2.56. The molecule has 0 saturated heterocycles. The monoisotopic (exact) mass is 358 g/mol. The molecule has 25 heavy (non-hydrogen) atoms. The number of anilines is 2. The summed E-state index contributed by atoms with van der Waals surface area (Å²) < 4.78 is 5.23. The van der Waals surface area contributed by atoms with E-state index in [0.717, 1.165) is 5.56 Å². The zero-order chi connectivity index (χ0) is 18.0. The van der Waals surface area contributed by atoms with Crippen LogP contribution in [0.4, 0.5) is 11.4 Å². The fourth-order valence-electron chi connectivity index (χ4n) is 2.66. The number of hydrogen-bond acceptors (Lipinski definition) is 3. The number of nitrogens with one attached hydrogen (secondary N) is 2. The highest BCUT2D eigenvalue weighted by Crippen LogP contribution is 2.48. The number of ether oxygens (including phenoxy) is 1. The molecule has 1 fully saturated rings. The standard InChI is InChI=1S/C19H19ClN2O3/c1-12-5-3-4-6-14(12)21-17(23)19(9-10-19)18(24)22-15-11-13(20)7-8-16(15)25-2/h3-8,11H,9-10H2,1-2H3,(H,21,23)(H,22,24). The number of para-hydroxylation sites is 1. The second-order valence-electron chi connectivity index (χ2n) is 6.15. The number of aryl methyl sites for hydroxylation is 1. The molecule has 1 aliphatic rings. The number of benzene rings is 2. The van der Waals surface area contributed by atoms with E-state index >= 15 is 0 Å². The average molecular weight is 359 g/mol. The van der Waals surface area contributed by atoms with E-state index in [1.807, 2.05) is 31.2 Å². The number of rotatable bonds is 5. The van der Waals surface area contributed by atoms with Gasteiger partial charge in [0, 0.05) is 10.7 Å². The fraction of sp³-hybridized carbons (Fsp3) is 0.263. The van der Waals surface area contributed by atoms with Crippen LogP contribution in [0.5, 0.6) is 5.75 Å². The molecule has 2 aromatic carbocycles. The Hall–Kier alpha value is -2.53. The van der Waals surface area contributed by atoms with Gasteiger partial charge in [-0.15, -0.1) is 0 Å². The maximum Gasteiger partial charge on any atom is 0.240 e. The quantitative estimate of drug-likeness (QED) is 0.793. The first-order valence-corrected chi connectivity index (χ1v) is 8.36. The Balaban J connectivity index is 1.77. The van der Waals surface area contributed by atoms with Crippen LogP contribution in [-0.4, -0.2) is 18.9 Å². The first-order valence-electron chi connectivity index (χ1n) is 7.98. The van der Waals surface area contributed by atoms with E-state index in [0.29, 0.717) is 35.0 Å². The first-order chi connectivity index (χ1) is 12.0. The van der Waals surface area contributed by atoms with Gasteiger partial charge in [0.25, 0.3) is 0 Å². The fourth-order valence-corrected chi connectivity index (χ4v) is 2.83. The summed E-state index contributed by atoms with van der Waals surface area (Å²) in [4.78, 5) is 25.4. The molecule has 2 amide bonds. The van der Waals surface area contributed by atoms with Crippen LogP contribution >= 0.6 is 11.6 Å². The molecule has 1 aliphatic carbocycles. The van der Waals surface area contributed by atoms with Gasteiger partial charge in [-0.3, -0.25) is 9.59 Å². The minimum Gasteiger partial charge on any atom is -0.495 e. The van der Waals surface area contributed by atoms with Gasteiger partial charge in [-0.1, -0.05) is 29.8 Å². The topological polar surface area (TPSA) is 67.4 Å². The molecule has 0 radical (unpaired) electrons. The smallest absolute Gasteiger partial charge is 0.240 e. The first kappa shape index (κ1) is 17.3. The molecule has 0 spiro atoms. The van der Waals surface area contributed by atoms with Gasteiger partial charge in [0.1, 0.15) is 11.2 Å². The van der Waals surface area contributed by atoms with Gasteiger partial charge in [-0.25, -0.2) is 0 Å². The molecule has 0 aromatic heterocycles. The summed E-state index contributed by atoms with van der Waals surface area (Å²) in [5.41, 5.74) is 1.07. The molecule has 0 atom stereocenters. The van der Waals surface area contributed by atoms with Crippen molar-refractivity contribution in [3.05, 3.63) is 53.1 Å². The lowest BCUT2D eigenvalue weighted by atomic mass is 10.0. The van der Waals surface area contributed by atoms with Crippen LogP contribution in [0, 0.1) is 12.3 Å². The number of amides is 2. The van der Waals surface area contributed by atoms with E-state index in [2.05, 4.69) is 10.6 Å². The summed E-state index contributed by atoms with van der Waals surface area (Å²) in [5.74, 6) is -0.146. The minimum atomic E-state index is -1.05. The number of carbonyl (C=O) groups is 2. The van der Waals surface area contributed by atoms with Crippen LogP contribution in [0.25, 0.3) is 0 Å². The highest BCUT2D eigenvalue weighted by atomic mass is 35.5. The number of halogens is 1. The molecule has 3 rings (SSSR count). The van der Waals surface area contributed by atoms with E-state index in [1.54, 1.807) is 18.2 Å². The van der Waals surface area contributed by atoms with Crippen molar-refractivity contribution >= 4 is 34.8 Å². The van der Waals surface area contributed by atoms with Crippen molar-refractivity contribution in [2.45, 2.75) is 19.8 Å². The van der Waals surface area contributed by atoms with Gasteiger partial charge in [-0.2, -0.15) is 0 Å².